The van der Waals surface area contributed by atoms with Gasteiger partial charge < -0.3 is 14.4 Å². The lowest BCUT2D eigenvalue weighted by atomic mass is 9.94. The molecule has 36 heavy (non-hydrogen) atoms. The number of benzene rings is 3. The van der Waals surface area contributed by atoms with Crippen molar-refractivity contribution in [2.75, 3.05) is 19.3 Å². The number of sulfone groups is 1. The number of carbonyl (C=O) groups excluding carboxylic acids is 1. The number of amides is 1. The second kappa shape index (κ2) is 9.71. The molecule has 0 spiro atoms. The molecule has 0 aromatic heterocycles. The van der Waals surface area contributed by atoms with Crippen LogP contribution in [0.5, 0.6) is 5.75 Å². The van der Waals surface area contributed by atoms with Crippen LogP contribution in [0.1, 0.15) is 39.9 Å². The molecule has 3 aromatic rings. The van der Waals surface area contributed by atoms with Crippen molar-refractivity contribution in [1.29, 1.82) is 0 Å². The van der Waals surface area contributed by atoms with Gasteiger partial charge >= 0.3 is 0 Å². The summed E-state index contributed by atoms with van der Waals surface area (Å²) < 4.78 is 35.8. The van der Waals surface area contributed by atoms with Crippen molar-refractivity contribution in [1.82, 2.24) is 4.90 Å². The molecule has 1 unspecified atom stereocenters. The van der Waals surface area contributed by atoms with Crippen molar-refractivity contribution in [2.45, 2.75) is 44.5 Å². The van der Waals surface area contributed by atoms with E-state index in [1.807, 2.05) is 61.2 Å². The number of nitrogens with zero attached hydrogens (tertiary/aromatic N) is 1. The van der Waals surface area contributed by atoms with Crippen LogP contribution in [0.2, 0.25) is 0 Å². The Balaban J connectivity index is 1.22. The van der Waals surface area contributed by atoms with Crippen molar-refractivity contribution in [3.8, 4) is 16.9 Å². The van der Waals surface area contributed by atoms with Crippen LogP contribution in [0.25, 0.3) is 11.1 Å². The van der Waals surface area contributed by atoms with Gasteiger partial charge in [0.15, 0.2) is 9.84 Å². The van der Waals surface area contributed by atoms with E-state index < -0.39 is 9.84 Å². The fourth-order valence-corrected chi connectivity index (χ4v) is 5.68. The van der Waals surface area contributed by atoms with Crippen molar-refractivity contribution in [3.63, 3.8) is 0 Å². The van der Waals surface area contributed by atoms with Gasteiger partial charge in [0, 0.05) is 36.4 Å². The lowest BCUT2D eigenvalue weighted by Crippen LogP contribution is -2.44. The normalized spacial score (nSPS) is 18.4. The minimum Gasteiger partial charge on any atom is -0.464 e. The molecule has 0 bridgehead atoms. The van der Waals surface area contributed by atoms with E-state index >= 15 is 0 Å². The van der Waals surface area contributed by atoms with Gasteiger partial charge in [-0.3, -0.25) is 4.79 Å². The molecule has 187 valence electrons. The standard InChI is InChI=1S/C29H30NO5S/c1-19-5-4-6-20(2)27(19)28(31)30-15-13-22(14-16-30)29-34-18-24-17-23(9-12-26(24)35-29)21-7-10-25(11-8-21)36(3,32)33/h4-5,7-12,17,22,29H,13-16,18H2,1-3H3. The topological polar surface area (TPSA) is 72.9 Å². The zero-order chi connectivity index (χ0) is 25.4. The highest BCUT2D eigenvalue weighted by Gasteiger charge is 2.33. The van der Waals surface area contributed by atoms with Gasteiger partial charge in [-0.05, 0) is 79.3 Å². The first-order valence-electron chi connectivity index (χ1n) is 12.2. The molecule has 1 radical (unpaired) electrons. The van der Waals surface area contributed by atoms with Crippen LogP contribution in [-0.4, -0.2) is 44.9 Å². The first kappa shape index (κ1) is 24.5. The van der Waals surface area contributed by atoms with Crippen molar-refractivity contribution >= 4 is 15.7 Å². The Morgan fingerprint density at radius 1 is 1.00 bits per heavy atom. The predicted molar refractivity (Wildman–Crippen MR) is 138 cm³/mol. The highest BCUT2D eigenvalue weighted by atomic mass is 32.2. The lowest BCUT2D eigenvalue weighted by Gasteiger charge is -2.38. The molecule has 1 amide bonds. The maximum absolute atomic E-state index is 13.1. The number of ether oxygens (including phenoxy) is 2. The Labute approximate surface area is 212 Å². The SMILES string of the molecule is Cc1[c]ccc(C)c1C(=O)N1CCC(C2OCc3cc(-c4ccc(S(C)(=O)=O)cc4)ccc3O2)CC1. The molecular formula is C29H30NO5S. The molecule has 0 N–H and O–H groups in total. The largest absolute Gasteiger partial charge is 0.464 e. The minimum atomic E-state index is -3.22. The fraction of sp³-hybridized carbons (Fsp3) is 0.345. The molecule has 1 atom stereocenters. The average Bonchev–Trinajstić information content (AvgIpc) is 2.87. The quantitative estimate of drug-likeness (QED) is 0.502. The summed E-state index contributed by atoms with van der Waals surface area (Å²) in [5, 5.41) is 0. The van der Waals surface area contributed by atoms with E-state index in [9.17, 15) is 13.2 Å². The van der Waals surface area contributed by atoms with E-state index in [1.165, 1.54) is 6.26 Å². The van der Waals surface area contributed by atoms with Crippen LogP contribution in [0.3, 0.4) is 0 Å². The maximum Gasteiger partial charge on any atom is 0.254 e. The summed E-state index contributed by atoms with van der Waals surface area (Å²) in [6.45, 7) is 5.71. The van der Waals surface area contributed by atoms with Crippen molar-refractivity contribution < 1.29 is 22.7 Å². The van der Waals surface area contributed by atoms with Crippen molar-refractivity contribution in [2.24, 2.45) is 5.92 Å². The monoisotopic (exact) mass is 504 g/mol. The molecule has 0 saturated carbocycles. The molecule has 7 heteroatoms. The number of hydrogen-bond donors (Lipinski definition) is 0. The molecule has 0 aliphatic carbocycles. The number of carbonyl (C=O) groups is 1. The van der Waals surface area contributed by atoms with E-state index in [2.05, 4.69) is 6.07 Å². The Bertz CT molecular complexity index is 1370. The molecule has 1 fully saturated rings. The zero-order valence-electron chi connectivity index (χ0n) is 20.8. The van der Waals surface area contributed by atoms with Gasteiger partial charge in [-0.15, -0.1) is 0 Å². The second-order valence-electron chi connectivity index (χ2n) is 9.71. The molecule has 2 aliphatic heterocycles. The number of rotatable bonds is 4. The number of fused-ring (bicyclic) bond motifs is 1. The van der Waals surface area contributed by atoms with Gasteiger partial charge in [0.2, 0.25) is 6.29 Å². The Hall–Kier alpha value is -3.16. The summed E-state index contributed by atoms with van der Waals surface area (Å²) in [5.41, 5.74) is 5.52. The predicted octanol–water partition coefficient (Wildman–Crippen LogP) is 4.96. The summed E-state index contributed by atoms with van der Waals surface area (Å²) in [5.74, 6) is 1.11. The van der Waals surface area contributed by atoms with E-state index in [-0.39, 0.29) is 18.1 Å². The van der Waals surface area contributed by atoms with Gasteiger partial charge in [0.05, 0.1) is 11.5 Å². The maximum atomic E-state index is 13.1. The van der Waals surface area contributed by atoms with Gasteiger partial charge in [-0.25, -0.2) is 8.42 Å². The molecular weight excluding hydrogens is 474 g/mol. The smallest absolute Gasteiger partial charge is 0.254 e. The Morgan fingerprint density at radius 3 is 2.36 bits per heavy atom. The lowest BCUT2D eigenvalue weighted by molar-refractivity contribution is -0.148. The highest BCUT2D eigenvalue weighted by Crippen LogP contribution is 2.35. The minimum absolute atomic E-state index is 0.0771. The summed E-state index contributed by atoms with van der Waals surface area (Å²) in [6.07, 6.45) is 2.52. The highest BCUT2D eigenvalue weighted by molar-refractivity contribution is 7.90. The zero-order valence-corrected chi connectivity index (χ0v) is 21.6. The summed E-state index contributed by atoms with van der Waals surface area (Å²) >= 11 is 0. The third kappa shape index (κ3) is 4.90. The average molecular weight is 505 g/mol. The van der Waals surface area contributed by atoms with Gasteiger partial charge in [0.25, 0.3) is 5.91 Å². The van der Waals surface area contributed by atoms with Crippen LogP contribution >= 0.6 is 0 Å². The summed E-state index contributed by atoms with van der Waals surface area (Å²) in [4.78, 5) is 15.4. The fourth-order valence-electron chi connectivity index (χ4n) is 5.05. The summed E-state index contributed by atoms with van der Waals surface area (Å²) in [7, 11) is -3.22. The Morgan fingerprint density at radius 2 is 1.69 bits per heavy atom. The second-order valence-corrected chi connectivity index (χ2v) is 11.7. The van der Waals surface area contributed by atoms with Crippen molar-refractivity contribution in [3.05, 3.63) is 82.9 Å². The third-order valence-corrected chi connectivity index (χ3v) is 8.28. The van der Waals surface area contributed by atoms with E-state index in [4.69, 9.17) is 9.47 Å². The van der Waals surface area contributed by atoms with Gasteiger partial charge in [-0.1, -0.05) is 30.3 Å². The molecule has 2 aliphatic rings. The third-order valence-electron chi connectivity index (χ3n) is 7.15. The van der Waals surface area contributed by atoms with E-state index in [0.29, 0.717) is 24.6 Å². The van der Waals surface area contributed by atoms with Gasteiger partial charge in [-0.2, -0.15) is 0 Å². The molecule has 6 nitrogen and oxygen atoms in total. The number of aryl methyl sites for hydroxylation is 2. The molecule has 3 aromatic carbocycles. The molecule has 1 saturated heterocycles. The van der Waals surface area contributed by atoms with E-state index in [1.54, 1.807) is 12.1 Å². The van der Waals surface area contributed by atoms with E-state index in [0.717, 1.165) is 52.0 Å². The van der Waals surface area contributed by atoms with Gasteiger partial charge in [0.1, 0.15) is 5.75 Å². The van der Waals surface area contributed by atoms with Crippen LogP contribution in [0.15, 0.2) is 59.5 Å². The number of likely N-dealkylation sites (tertiary alicyclic amines) is 1. The van der Waals surface area contributed by atoms with Crippen LogP contribution < -0.4 is 4.74 Å². The molecule has 5 rings (SSSR count). The summed E-state index contributed by atoms with van der Waals surface area (Å²) in [6, 6.07) is 19.8. The number of hydrogen-bond acceptors (Lipinski definition) is 5. The van der Waals surface area contributed by atoms with Crippen LogP contribution in [0, 0.1) is 25.8 Å². The molecule has 2 heterocycles. The van der Waals surface area contributed by atoms with Crippen LogP contribution in [0.4, 0.5) is 0 Å². The van der Waals surface area contributed by atoms with Crippen LogP contribution in [-0.2, 0) is 21.2 Å². The Kier molecular flexibility index (Phi) is 6.62. The first-order chi connectivity index (χ1) is 17.2. The first-order valence-corrected chi connectivity index (χ1v) is 14.1. The number of piperidine rings is 1.